The first-order valence-corrected chi connectivity index (χ1v) is 6.08. The molecule has 0 spiro atoms. The minimum absolute atomic E-state index is 0.110. The second-order valence-electron chi connectivity index (χ2n) is 4.94. The summed E-state index contributed by atoms with van der Waals surface area (Å²) in [6.07, 6.45) is 2.69. The van der Waals surface area contributed by atoms with Crippen LogP contribution in [0.1, 0.15) is 33.1 Å². The number of hydrogen-bond acceptors (Lipinski definition) is 4. The topological polar surface area (TPSA) is 50.7 Å². The standard InChI is InChI=1S/C12H25NO3/c1-4-11(2)9-12(10-14,5-7-16-11)13-6-8-15-3/h13-14H,4-10H2,1-3H3. The fraction of sp³-hybridized carbons (Fsp3) is 1.00. The van der Waals surface area contributed by atoms with E-state index in [1.807, 2.05) is 0 Å². The molecular formula is C12H25NO3. The molecule has 1 rings (SSSR count). The molecule has 2 N–H and O–H groups in total. The first-order valence-electron chi connectivity index (χ1n) is 6.08. The SMILES string of the molecule is CCC1(C)CC(CO)(NCCOC)CCO1. The van der Waals surface area contributed by atoms with Gasteiger partial charge in [0.1, 0.15) is 0 Å². The summed E-state index contributed by atoms with van der Waals surface area (Å²) in [5.74, 6) is 0. The first-order chi connectivity index (χ1) is 7.60. The molecule has 0 aromatic heterocycles. The fourth-order valence-corrected chi connectivity index (χ4v) is 2.34. The summed E-state index contributed by atoms with van der Waals surface area (Å²) in [5, 5.41) is 13.0. The monoisotopic (exact) mass is 231 g/mol. The second-order valence-corrected chi connectivity index (χ2v) is 4.94. The van der Waals surface area contributed by atoms with Crippen molar-refractivity contribution in [1.29, 1.82) is 0 Å². The maximum Gasteiger partial charge on any atom is 0.0670 e. The van der Waals surface area contributed by atoms with Gasteiger partial charge in [-0.25, -0.2) is 0 Å². The molecule has 2 atom stereocenters. The molecule has 1 saturated heterocycles. The van der Waals surface area contributed by atoms with E-state index in [1.165, 1.54) is 0 Å². The van der Waals surface area contributed by atoms with E-state index in [0.29, 0.717) is 13.2 Å². The van der Waals surface area contributed by atoms with Gasteiger partial charge in [-0.2, -0.15) is 0 Å². The molecule has 96 valence electrons. The molecule has 1 heterocycles. The Balaban J connectivity index is 2.56. The van der Waals surface area contributed by atoms with Gasteiger partial charge in [-0.1, -0.05) is 6.92 Å². The van der Waals surface area contributed by atoms with Gasteiger partial charge >= 0.3 is 0 Å². The zero-order valence-corrected chi connectivity index (χ0v) is 10.7. The Morgan fingerprint density at radius 3 is 2.81 bits per heavy atom. The Morgan fingerprint density at radius 1 is 1.50 bits per heavy atom. The van der Waals surface area contributed by atoms with Gasteiger partial charge in [0.15, 0.2) is 0 Å². The molecule has 0 aromatic carbocycles. The summed E-state index contributed by atoms with van der Waals surface area (Å²) in [5.41, 5.74) is -0.303. The van der Waals surface area contributed by atoms with Crippen molar-refractivity contribution in [2.75, 3.05) is 33.5 Å². The molecule has 4 heteroatoms. The van der Waals surface area contributed by atoms with Crippen molar-refractivity contribution >= 4 is 0 Å². The summed E-state index contributed by atoms with van der Waals surface area (Å²) in [7, 11) is 1.69. The summed E-state index contributed by atoms with van der Waals surface area (Å²) < 4.78 is 10.8. The van der Waals surface area contributed by atoms with Crippen molar-refractivity contribution in [3.8, 4) is 0 Å². The highest BCUT2D eigenvalue weighted by Crippen LogP contribution is 2.34. The average Bonchev–Trinajstić information content (AvgIpc) is 2.30. The molecular weight excluding hydrogens is 206 g/mol. The van der Waals surface area contributed by atoms with E-state index in [-0.39, 0.29) is 17.7 Å². The normalized spacial score (nSPS) is 35.2. The van der Waals surface area contributed by atoms with E-state index in [4.69, 9.17) is 9.47 Å². The quantitative estimate of drug-likeness (QED) is 0.668. The molecule has 4 nitrogen and oxygen atoms in total. The van der Waals surface area contributed by atoms with Crippen LogP contribution in [-0.4, -0.2) is 49.7 Å². The van der Waals surface area contributed by atoms with E-state index in [1.54, 1.807) is 7.11 Å². The third-order valence-corrected chi connectivity index (χ3v) is 3.60. The third kappa shape index (κ3) is 3.42. The highest BCUT2D eigenvalue weighted by molar-refractivity contribution is 4.97. The van der Waals surface area contributed by atoms with Gasteiger partial charge in [0, 0.05) is 25.8 Å². The largest absolute Gasteiger partial charge is 0.394 e. The highest BCUT2D eigenvalue weighted by atomic mass is 16.5. The van der Waals surface area contributed by atoms with Crippen LogP contribution in [0.5, 0.6) is 0 Å². The zero-order chi connectivity index (χ0) is 12.1. The van der Waals surface area contributed by atoms with Crippen molar-refractivity contribution in [3.63, 3.8) is 0 Å². The first kappa shape index (κ1) is 13.9. The van der Waals surface area contributed by atoms with Gasteiger partial charge in [-0.3, -0.25) is 0 Å². The number of hydrogen-bond donors (Lipinski definition) is 2. The van der Waals surface area contributed by atoms with Gasteiger partial charge in [-0.05, 0) is 26.2 Å². The number of ether oxygens (including phenoxy) is 2. The molecule has 0 saturated carbocycles. The van der Waals surface area contributed by atoms with E-state index in [2.05, 4.69) is 19.2 Å². The van der Waals surface area contributed by atoms with Crippen molar-refractivity contribution in [2.45, 2.75) is 44.2 Å². The minimum atomic E-state index is -0.193. The number of aliphatic hydroxyl groups is 1. The lowest BCUT2D eigenvalue weighted by Gasteiger charge is -2.45. The van der Waals surface area contributed by atoms with E-state index in [9.17, 15) is 5.11 Å². The molecule has 0 aromatic rings. The van der Waals surface area contributed by atoms with Gasteiger partial charge in [0.2, 0.25) is 0 Å². The smallest absolute Gasteiger partial charge is 0.0670 e. The number of methoxy groups -OCH3 is 1. The van der Waals surface area contributed by atoms with Gasteiger partial charge in [-0.15, -0.1) is 0 Å². The average molecular weight is 231 g/mol. The van der Waals surface area contributed by atoms with Crippen LogP contribution in [0.25, 0.3) is 0 Å². The van der Waals surface area contributed by atoms with Crippen molar-refractivity contribution in [3.05, 3.63) is 0 Å². The minimum Gasteiger partial charge on any atom is -0.394 e. The Labute approximate surface area is 98.3 Å². The summed E-state index contributed by atoms with van der Waals surface area (Å²) in [4.78, 5) is 0. The summed E-state index contributed by atoms with van der Waals surface area (Å²) in [6.45, 7) is 6.57. The van der Waals surface area contributed by atoms with Gasteiger partial charge in [0.25, 0.3) is 0 Å². The predicted octanol–water partition coefficient (Wildman–Crippen LogP) is 0.933. The van der Waals surface area contributed by atoms with Crippen LogP contribution in [-0.2, 0) is 9.47 Å². The molecule has 2 unspecified atom stereocenters. The Bertz CT molecular complexity index is 212. The van der Waals surface area contributed by atoms with Crippen LogP contribution in [0.3, 0.4) is 0 Å². The Morgan fingerprint density at radius 2 is 2.25 bits per heavy atom. The van der Waals surface area contributed by atoms with Gasteiger partial charge in [0.05, 0.1) is 18.8 Å². The summed E-state index contributed by atoms with van der Waals surface area (Å²) in [6, 6.07) is 0. The molecule has 0 aliphatic carbocycles. The third-order valence-electron chi connectivity index (χ3n) is 3.60. The maximum atomic E-state index is 9.61. The maximum absolute atomic E-state index is 9.61. The molecule has 0 bridgehead atoms. The second kappa shape index (κ2) is 5.96. The van der Waals surface area contributed by atoms with Crippen molar-refractivity contribution in [2.24, 2.45) is 0 Å². The predicted molar refractivity (Wildman–Crippen MR) is 63.6 cm³/mol. The van der Waals surface area contributed by atoms with Crippen molar-refractivity contribution in [1.82, 2.24) is 5.32 Å². The van der Waals surface area contributed by atoms with Gasteiger partial charge < -0.3 is 19.9 Å². The van der Waals surface area contributed by atoms with E-state index in [0.717, 1.165) is 25.8 Å². The van der Waals surface area contributed by atoms with E-state index >= 15 is 0 Å². The Hall–Kier alpha value is -0.160. The molecule has 1 aliphatic rings. The van der Waals surface area contributed by atoms with Crippen LogP contribution in [0, 0.1) is 0 Å². The molecule has 0 radical (unpaired) electrons. The van der Waals surface area contributed by atoms with Crippen LogP contribution in [0.2, 0.25) is 0 Å². The van der Waals surface area contributed by atoms with Crippen LogP contribution in [0.4, 0.5) is 0 Å². The lowest BCUT2D eigenvalue weighted by atomic mass is 9.79. The lowest BCUT2D eigenvalue weighted by Crippen LogP contribution is -2.58. The summed E-state index contributed by atoms with van der Waals surface area (Å²) >= 11 is 0. The van der Waals surface area contributed by atoms with E-state index < -0.39 is 0 Å². The molecule has 16 heavy (non-hydrogen) atoms. The number of aliphatic hydroxyl groups excluding tert-OH is 1. The van der Waals surface area contributed by atoms with Crippen molar-refractivity contribution < 1.29 is 14.6 Å². The fourth-order valence-electron chi connectivity index (χ4n) is 2.34. The highest BCUT2D eigenvalue weighted by Gasteiger charge is 2.41. The molecule has 0 amide bonds. The molecule has 1 fully saturated rings. The zero-order valence-electron chi connectivity index (χ0n) is 10.7. The lowest BCUT2D eigenvalue weighted by molar-refractivity contribution is -0.111. The molecule has 1 aliphatic heterocycles. The van der Waals surface area contributed by atoms with Crippen LogP contribution < -0.4 is 5.32 Å². The Kier molecular flexibility index (Phi) is 5.18. The number of rotatable bonds is 6. The van der Waals surface area contributed by atoms with Crippen LogP contribution in [0.15, 0.2) is 0 Å². The van der Waals surface area contributed by atoms with Crippen LogP contribution >= 0.6 is 0 Å². The number of nitrogens with one attached hydrogen (secondary N) is 1.